The van der Waals surface area contributed by atoms with Crippen molar-refractivity contribution < 1.29 is 4.79 Å². The van der Waals surface area contributed by atoms with Gasteiger partial charge < -0.3 is 10.6 Å². The molecule has 1 amide bonds. The van der Waals surface area contributed by atoms with Gasteiger partial charge in [-0.3, -0.25) is 9.48 Å². The lowest BCUT2D eigenvalue weighted by atomic mass is 10.2. The van der Waals surface area contributed by atoms with Crippen LogP contribution < -0.4 is 5.73 Å². The molecular weight excluding hydrogens is 216 g/mol. The van der Waals surface area contributed by atoms with E-state index in [4.69, 9.17) is 5.73 Å². The Morgan fingerprint density at radius 3 is 2.71 bits per heavy atom. The zero-order chi connectivity index (χ0) is 12.8. The van der Waals surface area contributed by atoms with Gasteiger partial charge in [-0.2, -0.15) is 5.10 Å². The second-order valence-corrected chi connectivity index (χ2v) is 4.38. The van der Waals surface area contributed by atoms with Crippen molar-refractivity contribution in [2.24, 2.45) is 12.8 Å². The minimum atomic E-state index is 0.0448. The van der Waals surface area contributed by atoms with Crippen molar-refractivity contribution in [1.29, 1.82) is 0 Å². The number of nitrogens with zero attached hydrogens (tertiary/aromatic N) is 3. The number of carbonyl (C=O) groups excluding carboxylic acids is 1. The average molecular weight is 238 g/mol. The van der Waals surface area contributed by atoms with Gasteiger partial charge in [0, 0.05) is 26.8 Å². The minimum Gasteiger partial charge on any atom is -0.342 e. The van der Waals surface area contributed by atoms with Gasteiger partial charge in [-0.25, -0.2) is 0 Å². The SMILES string of the molecule is Cc1nn(C)cc1C(=O)N(C)CCCCCN. The van der Waals surface area contributed by atoms with E-state index < -0.39 is 0 Å². The Morgan fingerprint density at radius 1 is 1.47 bits per heavy atom. The minimum absolute atomic E-state index is 0.0448. The normalized spacial score (nSPS) is 10.6. The standard InChI is InChI=1S/C12H22N4O/c1-10-11(9-16(3)14-10)12(17)15(2)8-6-4-5-7-13/h9H,4-8,13H2,1-3H3. The second kappa shape index (κ2) is 6.39. The summed E-state index contributed by atoms with van der Waals surface area (Å²) < 4.78 is 1.67. The molecule has 0 aliphatic heterocycles. The van der Waals surface area contributed by atoms with Crippen molar-refractivity contribution in [1.82, 2.24) is 14.7 Å². The Morgan fingerprint density at radius 2 is 2.18 bits per heavy atom. The van der Waals surface area contributed by atoms with Crippen LogP contribution in [0.2, 0.25) is 0 Å². The highest BCUT2D eigenvalue weighted by atomic mass is 16.2. The van der Waals surface area contributed by atoms with Crippen LogP contribution in [0.4, 0.5) is 0 Å². The molecule has 0 saturated heterocycles. The largest absolute Gasteiger partial charge is 0.342 e. The van der Waals surface area contributed by atoms with Crippen LogP contribution in [0.3, 0.4) is 0 Å². The average Bonchev–Trinajstić information content (AvgIpc) is 2.62. The summed E-state index contributed by atoms with van der Waals surface area (Å²) in [7, 11) is 3.66. The number of hydrogen-bond acceptors (Lipinski definition) is 3. The molecular formula is C12H22N4O. The molecule has 0 aromatic carbocycles. The van der Waals surface area contributed by atoms with E-state index in [0.29, 0.717) is 5.56 Å². The molecule has 1 heterocycles. The first-order valence-electron chi connectivity index (χ1n) is 6.02. The maximum Gasteiger partial charge on any atom is 0.257 e. The molecule has 0 aliphatic carbocycles. The van der Waals surface area contributed by atoms with Crippen LogP contribution in [-0.4, -0.2) is 40.7 Å². The fourth-order valence-electron chi connectivity index (χ4n) is 1.79. The molecule has 1 rings (SSSR count). The lowest BCUT2D eigenvalue weighted by Gasteiger charge is -2.16. The third-order valence-electron chi connectivity index (χ3n) is 2.79. The smallest absolute Gasteiger partial charge is 0.257 e. The summed E-state index contributed by atoms with van der Waals surface area (Å²) >= 11 is 0. The van der Waals surface area contributed by atoms with Crippen molar-refractivity contribution in [3.63, 3.8) is 0 Å². The van der Waals surface area contributed by atoms with E-state index >= 15 is 0 Å². The zero-order valence-electron chi connectivity index (χ0n) is 10.9. The Balaban J connectivity index is 2.49. The molecule has 2 N–H and O–H groups in total. The maximum absolute atomic E-state index is 12.1. The lowest BCUT2D eigenvalue weighted by Crippen LogP contribution is -2.28. The lowest BCUT2D eigenvalue weighted by molar-refractivity contribution is 0.0792. The van der Waals surface area contributed by atoms with Crippen LogP contribution in [0.15, 0.2) is 6.20 Å². The first-order chi connectivity index (χ1) is 8.06. The molecule has 5 nitrogen and oxygen atoms in total. The molecule has 1 aromatic rings. The highest BCUT2D eigenvalue weighted by Gasteiger charge is 2.16. The quantitative estimate of drug-likeness (QED) is 0.750. The Kier molecular flexibility index (Phi) is 5.15. The molecule has 5 heteroatoms. The number of hydrogen-bond donors (Lipinski definition) is 1. The van der Waals surface area contributed by atoms with Crippen molar-refractivity contribution in [2.45, 2.75) is 26.2 Å². The Labute approximate surface area is 103 Å². The number of carbonyl (C=O) groups is 1. The van der Waals surface area contributed by atoms with Gasteiger partial charge in [0.25, 0.3) is 5.91 Å². The van der Waals surface area contributed by atoms with E-state index in [1.165, 1.54) is 0 Å². The van der Waals surface area contributed by atoms with Crippen LogP contribution >= 0.6 is 0 Å². The zero-order valence-corrected chi connectivity index (χ0v) is 10.9. The van der Waals surface area contributed by atoms with E-state index in [-0.39, 0.29) is 5.91 Å². The molecule has 0 atom stereocenters. The van der Waals surface area contributed by atoms with Crippen LogP contribution in [0, 0.1) is 6.92 Å². The molecule has 17 heavy (non-hydrogen) atoms. The third-order valence-corrected chi connectivity index (χ3v) is 2.79. The molecule has 1 aromatic heterocycles. The van der Waals surface area contributed by atoms with Gasteiger partial charge in [-0.1, -0.05) is 6.42 Å². The van der Waals surface area contributed by atoms with Crippen LogP contribution in [0.5, 0.6) is 0 Å². The van der Waals surface area contributed by atoms with Crippen molar-refractivity contribution >= 4 is 5.91 Å². The van der Waals surface area contributed by atoms with Gasteiger partial charge in [-0.15, -0.1) is 0 Å². The van der Waals surface area contributed by atoms with Crippen LogP contribution in [0.25, 0.3) is 0 Å². The second-order valence-electron chi connectivity index (χ2n) is 4.38. The monoisotopic (exact) mass is 238 g/mol. The summed E-state index contributed by atoms with van der Waals surface area (Å²) in [6.45, 7) is 3.35. The van der Waals surface area contributed by atoms with Gasteiger partial charge in [-0.05, 0) is 26.3 Å². The van der Waals surface area contributed by atoms with E-state index in [9.17, 15) is 4.79 Å². The maximum atomic E-state index is 12.1. The van der Waals surface area contributed by atoms with E-state index in [0.717, 1.165) is 38.0 Å². The topological polar surface area (TPSA) is 64.2 Å². The molecule has 0 radical (unpaired) electrons. The predicted octanol–water partition coefficient (Wildman–Crippen LogP) is 0.930. The Hall–Kier alpha value is -1.36. The summed E-state index contributed by atoms with van der Waals surface area (Å²) in [4.78, 5) is 13.8. The summed E-state index contributed by atoms with van der Waals surface area (Å²) in [5.74, 6) is 0.0448. The summed E-state index contributed by atoms with van der Waals surface area (Å²) in [5.41, 5.74) is 6.90. The number of amides is 1. The molecule has 0 unspecified atom stereocenters. The molecule has 0 spiro atoms. The highest BCUT2D eigenvalue weighted by molar-refractivity contribution is 5.94. The number of aromatic nitrogens is 2. The van der Waals surface area contributed by atoms with Gasteiger partial charge in [0.05, 0.1) is 11.3 Å². The fourth-order valence-corrected chi connectivity index (χ4v) is 1.79. The summed E-state index contributed by atoms with van der Waals surface area (Å²) in [6, 6.07) is 0. The fraction of sp³-hybridized carbons (Fsp3) is 0.667. The van der Waals surface area contributed by atoms with Crippen LogP contribution in [-0.2, 0) is 7.05 Å². The van der Waals surface area contributed by atoms with E-state index in [1.54, 1.807) is 15.8 Å². The molecule has 0 fully saturated rings. The molecule has 96 valence electrons. The Bertz CT molecular complexity index is 373. The summed E-state index contributed by atoms with van der Waals surface area (Å²) in [6.07, 6.45) is 4.86. The molecule has 0 saturated carbocycles. The van der Waals surface area contributed by atoms with Crippen molar-refractivity contribution in [2.75, 3.05) is 20.1 Å². The molecule has 0 bridgehead atoms. The van der Waals surface area contributed by atoms with Crippen LogP contribution in [0.1, 0.15) is 35.3 Å². The van der Waals surface area contributed by atoms with Crippen molar-refractivity contribution in [3.8, 4) is 0 Å². The first kappa shape index (κ1) is 13.7. The predicted molar refractivity (Wildman–Crippen MR) is 67.8 cm³/mol. The summed E-state index contributed by atoms with van der Waals surface area (Å²) in [5, 5.41) is 4.18. The van der Waals surface area contributed by atoms with E-state index in [2.05, 4.69) is 5.10 Å². The number of unbranched alkanes of at least 4 members (excludes halogenated alkanes) is 2. The first-order valence-corrected chi connectivity index (χ1v) is 6.02. The van der Waals surface area contributed by atoms with Crippen molar-refractivity contribution in [3.05, 3.63) is 17.5 Å². The number of rotatable bonds is 6. The van der Waals surface area contributed by atoms with Gasteiger partial charge >= 0.3 is 0 Å². The van der Waals surface area contributed by atoms with Gasteiger partial charge in [0.15, 0.2) is 0 Å². The van der Waals surface area contributed by atoms with E-state index in [1.807, 2.05) is 21.0 Å². The highest BCUT2D eigenvalue weighted by Crippen LogP contribution is 2.08. The third kappa shape index (κ3) is 3.85. The number of nitrogens with two attached hydrogens (primary N) is 1. The van der Waals surface area contributed by atoms with Gasteiger partial charge in [0.1, 0.15) is 0 Å². The van der Waals surface area contributed by atoms with Gasteiger partial charge in [0.2, 0.25) is 0 Å². The number of aryl methyl sites for hydroxylation is 2. The molecule has 0 aliphatic rings.